The summed E-state index contributed by atoms with van der Waals surface area (Å²) in [6.07, 6.45) is 4.12. The summed E-state index contributed by atoms with van der Waals surface area (Å²) in [6, 6.07) is 11.2. The van der Waals surface area contributed by atoms with Crippen molar-refractivity contribution >= 4 is 0 Å². The Morgan fingerprint density at radius 3 is 2.53 bits per heavy atom. The Bertz CT molecular complexity index is 436. The zero-order valence-electron chi connectivity index (χ0n) is 12.6. The summed E-state index contributed by atoms with van der Waals surface area (Å²) >= 11 is 0. The molecule has 1 N–H and O–H groups in total. The second kappa shape index (κ2) is 4.63. The van der Waals surface area contributed by atoms with Gasteiger partial charge in [-0.05, 0) is 48.1 Å². The summed E-state index contributed by atoms with van der Waals surface area (Å²) in [5.41, 5.74) is 2.58. The molecule has 1 aliphatic carbocycles. The summed E-state index contributed by atoms with van der Waals surface area (Å²) < 4.78 is 0. The molecule has 1 aromatic rings. The van der Waals surface area contributed by atoms with E-state index in [1.54, 1.807) is 5.56 Å². The maximum absolute atomic E-state index is 3.63. The molecule has 0 radical (unpaired) electrons. The van der Waals surface area contributed by atoms with E-state index in [0.717, 1.165) is 12.5 Å². The normalized spacial score (nSPS) is 37.6. The highest BCUT2D eigenvalue weighted by Gasteiger charge is 2.53. The first kappa shape index (κ1) is 13.2. The highest BCUT2D eigenvalue weighted by atomic mass is 14.9. The van der Waals surface area contributed by atoms with E-state index in [-0.39, 0.29) is 0 Å². The van der Waals surface area contributed by atoms with Crippen LogP contribution in [0.15, 0.2) is 30.3 Å². The minimum Gasteiger partial charge on any atom is -0.316 e. The minimum absolute atomic E-state index is 0.518. The lowest BCUT2D eigenvalue weighted by molar-refractivity contribution is 0.108. The second-order valence-corrected chi connectivity index (χ2v) is 7.60. The van der Waals surface area contributed by atoms with Gasteiger partial charge < -0.3 is 5.32 Å². The van der Waals surface area contributed by atoms with E-state index in [0.29, 0.717) is 16.7 Å². The van der Waals surface area contributed by atoms with Crippen LogP contribution in [0.3, 0.4) is 0 Å². The first-order valence-electron chi connectivity index (χ1n) is 7.79. The molecule has 0 aromatic heterocycles. The zero-order chi connectivity index (χ0) is 13.5. The van der Waals surface area contributed by atoms with Crippen molar-refractivity contribution < 1.29 is 0 Å². The molecule has 2 aliphatic rings. The van der Waals surface area contributed by atoms with Crippen molar-refractivity contribution in [3.05, 3.63) is 35.9 Å². The largest absolute Gasteiger partial charge is 0.316 e. The maximum Gasteiger partial charge on any atom is 0.00256 e. The highest BCUT2D eigenvalue weighted by Crippen LogP contribution is 2.61. The SMILES string of the molecule is CC1CC(C)(C)CC12CCNCC2c1ccccc1. The lowest BCUT2D eigenvalue weighted by atomic mass is 9.62. The fourth-order valence-electron chi connectivity index (χ4n) is 5.05. The summed E-state index contributed by atoms with van der Waals surface area (Å²) in [6.45, 7) is 9.77. The molecule has 1 saturated carbocycles. The molecule has 19 heavy (non-hydrogen) atoms. The van der Waals surface area contributed by atoms with Crippen LogP contribution in [-0.4, -0.2) is 13.1 Å². The Balaban J connectivity index is 1.98. The Labute approximate surface area is 117 Å². The molecular weight excluding hydrogens is 230 g/mol. The molecule has 2 fully saturated rings. The van der Waals surface area contributed by atoms with Crippen molar-refractivity contribution in [1.82, 2.24) is 5.32 Å². The monoisotopic (exact) mass is 257 g/mol. The lowest BCUT2D eigenvalue weighted by Crippen LogP contribution is -2.45. The highest BCUT2D eigenvalue weighted by molar-refractivity contribution is 5.25. The van der Waals surface area contributed by atoms with Gasteiger partial charge in [-0.25, -0.2) is 0 Å². The Morgan fingerprint density at radius 2 is 1.89 bits per heavy atom. The molecule has 1 heterocycles. The van der Waals surface area contributed by atoms with Crippen LogP contribution in [0, 0.1) is 16.7 Å². The minimum atomic E-state index is 0.518. The van der Waals surface area contributed by atoms with Crippen LogP contribution in [0.4, 0.5) is 0 Å². The molecule has 3 atom stereocenters. The molecule has 3 unspecified atom stereocenters. The average molecular weight is 257 g/mol. The number of nitrogens with one attached hydrogen (secondary N) is 1. The molecule has 104 valence electrons. The standard InChI is InChI=1S/C18H27N/c1-14-11-17(2,3)13-18(14)9-10-19-12-16(18)15-7-5-4-6-8-15/h4-8,14,16,19H,9-13H2,1-3H3. The third-order valence-electron chi connectivity index (χ3n) is 5.66. The van der Waals surface area contributed by atoms with Gasteiger partial charge in [0.2, 0.25) is 0 Å². The molecule has 1 spiro atoms. The molecule has 1 aromatic carbocycles. The number of hydrogen-bond donors (Lipinski definition) is 1. The van der Waals surface area contributed by atoms with Gasteiger partial charge in [0.1, 0.15) is 0 Å². The predicted octanol–water partition coefficient (Wildman–Crippen LogP) is 4.21. The third-order valence-corrected chi connectivity index (χ3v) is 5.66. The van der Waals surface area contributed by atoms with Crippen molar-refractivity contribution in [2.75, 3.05) is 13.1 Å². The van der Waals surface area contributed by atoms with Gasteiger partial charge in [0.25, 0.3) is 0 Å². The Kier molecular flexibility index (Phi) is 3.21. The number of rotatable bonds is 1. The van der Waals surface area contributed by atoms with E-state index < -0.39 is 0 Å². The number of piperidine rings is 1. The van der Waals surface area contributed by atoms with Gasteiger partial charge in [-0.2, -0.15) is 0 Å². The van der Waals surface area contributed by atoms with Crippen molar-refractivity contribution in [2.24, 2.45) is 16.7 Å². The van der Waals surface area contributed by atoms with E-state index in [4.69, 9.17) is 0 Å². The summed E-state index contributed by atoms with van der Waals surface area (Å²) in [4.78, 5) is 0. The second-order valence-electron chi connectivity index (χ2n) is 7.60. The summed E-state index contributed by atoms with van der Waals surface area (Å²) in [7, 11) is 0. The van der Waals surface area contributed by atoms with Gasteiger partial charge in [0, 0.05) is 12.5 Å². The quantitative estimate of drug-likeness (QED) is 0.795. The summed E-state index contributed by atoms with van der Waals surface area (Å²) in [5.74, 6) is 1.54. The number of hydrogen-bond acceptors (Lipinski definition) is 1. The van der Waals surface area contributed by atoms with E-state index in [1.807, 2.05) is 0 Å². The van der Waals surface area contributed by atoms with Gasteiger partial charge in [0.15, 0.2) is 0 Å². The summed E-state index contributed by atoms with van der Waals surface area (Å²) in [5, 5.41) is 3.63. The van der Waals surface area contributed by atoms with Crippen molar-refractivity contribution in [3.63, 3.8) is 0 Å². The first-order valence-corrected chi connectivity index (χ1v) is 7.79. The molecule has 1 nitrogen and oxygen atoms in total. The van der Waals surface area contributed by atoms with Crippen LogP contribution < -0.4 is 5.32 Å². The smallest absolute Gasteiger partial charge is 0.00256 e. The molecule has 3 rings (SSSR count). The van der Waals surface area contributed by atoms with E-state index in [1.165, 1.54) is 25.8 Å². The van der Waals surface area contributed by atoms with Crippen LogP contribution in [0.2, 0.25) is 0 Å². The van der Waals surface area contributed by atoms with Gasteiger partial charge in [0.05, 0.1) is 0 Å². The molecule has 1 aliphatic heterocycles. The van der Waals surface area contributed by atoms with E-state index in [9.17, 15) is 0 Å². The van der Waals surface area contributed by atoms with Gasteiger partial charge in [-0.3, -0.25) is 0 Å². The third kappa shape index (κ3) is 2.23. The Hall–Kier alpha value is -0.820. The molecule has 1 heteroatoms. The fraction of sp³-hybridized carbons (Fsp3) is 0.667. The first-order chi connectivity index (χ1) is 9.04. The number of benzene rings is 1. The maximum atomic E-state index is 3.63. The van der Waals surface area contributed by atoms with Crippen LogP contribution in [0.1, 0.15) is 51.5 Å². The van der Waals surface area contributed by atoms with Crippen LogP contribution in [0.5, 0.6) is 0 Å². The topological polar surface area (TPSA) is 12.0 Å². The molecule has 1 saturated heterocycles. The zero-order valence-corrected chi connectivity index (χ0v) is 12.6. The lowest BCUT2D eigenvalue weighted by Gasteiger charge is -2.46. The van der Waals surface area contributed by atoms with Crippen LogP contribution >= 0.6 is 0 Å². The molecule has 0 amide bonds. The van der Waals surface area contributed by atoms with Crippen molar-refractivity contribution in [2.45, 2.75) is 46.0 Å². The van der Waals surface area contributed by atoms with Crippen molar-refractivity contribution in [1.29, 1.82) is 0 Å². The molecule has 0 bridgehead atoms. The van der Waals surface area contributed by atoms with E-state index >= 15 is 0 Å². The van der Waals surface area contributed by atoms with Gasteiger partial charge >= 0.3 is 0 Å². The Morgan fingerprint density at radius 1 is 1.16 bits per heavy atom. The predicted molar refractivity (Wildman–Crippen MR) is 81.3 cm³/mol. The molecular formula is C18H27N. The van der Waals surface area contributed by atoms with Gasteiger partial charge in [-0.15, -0.1) is 0 Å². The average Bonchev–Trinajstić information content (AvgIpc) is 2.61. The van der Waals surface area contributed by atoms with Gasteiger partial charge in [-0.1, -0.05) is 51.1 Å². The fourth-order valence-corrected chi connectivity index (χ4v) is 5.05. The van der Waals surface area contributed by atoms with Crippen LogP contribution in [0.25, 0.3) is 0 Å². The van der Waals surface area contributed by atoms with E-state index in [2.05, 4.69) is 56.4 Å². The van der Waals surface area contributed by atoms with Crippen LogP contribution in [-0.2, 0) is 0 Å². The van der Waals surface area contributed by atoms with Crippen molar-refractivity contribution in [3.8, 4) is 0 Å².